The molecule has 4 rings (SSSR count). The second-order valence-electron chi connectivity index (χ2n) is 13.8. The van der Waals surface area contributed by atoms with Crippen LogP contribution in [0.4, 0.5) is 28.4 Å². The first kappa shape index (κ1) is 32.1. The van der Waals surface area contributed by atoms with Crippen molar-refractivity contribution >= 4 is 28.4 Å². The number of allylic oxidation sites excluding steroid dienone is 1. The van der Waals surface area contributed by atoms with Crippen LogP contribution >= 0.6 is 0 Å². The highest BCUT2D eigenvalue weighted by atomic mass is 15.2. The molecule has 0 heterocycles. The summed E-state index contributed by atoms with van der Waals surface area (Å²) in [5, 5.41) is 0. The lowest BCUT2D eigenvalue weighted by Gasteiger charge is -2.42. The van der Waals surface area contributed by atoms with E-state index in [-0.39, 0.29) is 10.8 Å². The Morgan fingerprint density at radius 3 is 1.42 bits per heavy atom. The van der Waals surface area contributed by atoms with Gasteiger partial charge >= 0.3 is 0 Å². The molecule has 0 saturated carbocycles. The molecule has 0 aliphatic rings. The van der Waals surface area contributed by atoms with E-state index in [2.05, 4.69) is 183 Å². The smallest absolute Gasteiger partial charge is 0.0520 e. The van der Waals surface area contributed by atoms with Crippen LogP contribution < -0.4 is 9.80 Å². The summed E-state index contributed by atoms with van der Waals surface area (Å²) in [5.74, 6) is 0. The third kappa shape index (κ3) is 7.07. The molecule has 4 aromatic rings. The molecule has 0 unspecified atom stereocenters. The standard InChI is InChI=1S/C41H52N2/c1-12-26-41(10,11)38(13-2)42(34-18-14-29(3)15-19-34)35-22-24-37(25-23-35)43(36-20-16-30(4)17-21-36)39-31(5)27-33(28-32(39)6)40(7,8)9/h12,14-28,38H,13H2,1-11H3/b26-12+/t38-/m0/s1. The molecule has 0 saturated heterocycles. The number of hydrogen-bond donors (Lipinski definition) is 0. The van der Waals surface area contributed by atoms with Gasteiger partial charge in [-0.05, 0) is 112 Å². The zero-order chi connectivity index (χ0) is 31.5. The Balaban J connectivity index is 1.87. The second-order valence-corrected chi connectivity index (χ2v) is 13.8. The van der Waals surface area contributed by atoms with Crippen molar-refractivity contribution in [1.82, 2.24) is 0 Å². The number of rotatable bonds is 9. The van der Waals surface area contributed by atoms with Gasteiger partial charge in [-0.2, -0.15) is 0 Å². The lowest BCUT2D eigenvalue weighted by Crippen LogP contribution is -2.41. The molecule has 0 fully saturated rings. The quantitative estimate of drug-likeness (QED) is 0.184. The molecule has 2 nitrogen and oxygen atoms in total. The van der Waals surface area contributed by atoms with Gasteiger partial charge in [0, 0.05) is 34.2 Å². The average Bonchev–Trinajstić information content (AvgIpc) is 2.94. The number of aryl methyl sites for hydroxylation is 4. The van der Waals surface area contributed by atoms with Gasteiger partial charge in [0.25, 0.3) is 0 Å². The number of nitrogens with zero attached hydrogens (tertiary/aromatic N) is 2. The van der Waals surface area contributed by atoms with Gasteiger partial charge in [0.1, 0.15) is 0 Å². The fraction of sp³-hybridized carbons (Fsp3) is 0.366. The van der Waals surface area contributed by atoms with E-state index in [1.165, 1.54) is 50.6 Å². The Kier molecular flexibility index (Phi) is 9.60. The van der Waals surface area contributed by atoms with E-state index in [4.69, 9.17) is 0 Å². The van der Waals surface area contributed by atoms with Gasteiger partial charge in [0.2, 0.25) is 0 Å². The van der Waals surface area contributed by atoms with Crippen molar-refractivity contribution in [3.05, 3.63) is 125 Å². The van der Waals surface area contributed by atoms with Crippen LogP contribution in [0.2, 0.25) is 0 Å². The Morgan fingerprint density at radius 2 is 1.02 bits per heavy atom. The minimum Gasteiger partial charge on any atom is -0.338 e. The van der Waals surface area contributed by atoms with Crippen LogP contribution in [0.15, 0.2) is 97.1 Å². The van der Waals surface area contributed by atoms with Gasteiger partial charge in [-0.25, -0.2) is 0 Å². The molecule has 2 heteroatoms. The SMILES string of the molecule is C/C=C/C(C)(C)[C@H](CC)N(c1ccc(C)cc1)c1ccc(N(c2ccc(C)cc2)c2c(C)cc(C(C)(C)C)cc2C)cc1. The van der Waals surface area contributed by atoms with Gasteiger partial charge in [-0.1, -0.05) is 101 Å². The normalized spacial score (nSPS) is 12.9. The molecular formula is C41H52N2. The molecule has 43 heavy (non-hydrogen) atoms. The topological polar surface area (TPSA) is 6.48 Å². The summed E-state index contributed by atoms with van der Waals surface area (Å²) in [5.41, 5.74) is 12.6. The van der Waals surface area contributed by atoms with Gasteiger partial charge in [0.15, 0.2) is 0 Å². The van der Waals surface area contributed by atoms with Crippen LogP contribution in [0.25, 0.3) is 0 Å². The molecule has 0 N–H and O–H groups in total. The summed E-state index contributed by atoms with van der Waals surface area (Å²) in [4.78, 5) is 4.96. The van der Waals surface area contributed by atoms with E-state index in [0.717, 1.165) is 12.1 Å². The molecule has 4 aromatic carbocycles. The molecule has 0 bridgehead atoms. The highest BCUT2D eigenvalue weighted by molar-refractivity contribution is 5.82. The summed E-state index contributed by atoms with van der Waals surface area (Å²) < 4.78 is 0. The number of hydrogen-bond acceptors (Lipinski definition) is 2. The molecule has 0 aliphatic heterocycles. The Hall–Kier alpha value is -3.78. The van der Waals surface area contributed by atoms with E-state index < -0.39 is 0 Å². The minimum absolute atomic E-state index is 0.00990. The molecular weight excluding hydrogens is 520 g/mol. The first-order valence-corrected chi connectivity index (χ1v) is 15.8. The van der Waals surface area contributed by atoms with Crippen LogP contribution in [0.3, 0.4) is 0 Å². The third-order valence-corrected chi connectivity index (χ3v) is 8.72. The number of benzene rings is 4. The van der Waals surface area contributed by atoms with Gasteiger partial charge in [-0.3, -0.25) is 0 Å². The van der Waals surface area contributed by atoms with Crippen LogP contribution in [-0.2, 0) is 5.41 Å². The molecule has 0 aromatic heterocycles. The van der Waals surface area contributed by atoms with Crippen molar-refractivity contribution in [2.75, 3.05) is 9.80 Å². The zero-order valence-corrected chi connectivity index (χ0v) is 28.4. The summed E-state index contributed by atoms with van der Waals surface area (Å²) in [6.07, 6.45) is 5.57. The van der Waals surface area contributed by atoms with E-state index >= 15 is 0 Å². The Morgan fingerprint density at radius 1 is 0.628 bits per heavy atom. The van der Waals surface area contributed by atoms with E-state index in [1.807, 2.05) is 0 Å². The summed E-state index contributed by atoms with van der Waals surface area (Å²) in [6.45, 7) is 24.8. The van der Waals surface area contributed by atoms with Crippen molar-refractivity contribution in [2.24, 2.45) is 5.41 Å². The van der Waals surface area contributed by atoms with Gasteiger partial charge in [-0.15, -0.1) is 0 Å². The summed E-state index contributed by atoms with van der Waals surface area (Å²) in [6, 6.07) is 32.1. The first-order valence-electron chi connectivity index (χ1n) is 15.8. The number of anilines is 5. The van der Waals surface area contributed by atoms with Gasteiger partial charge in [0.05, 0.1) is 5.69 Å². The van der Waals surface area contributed by atoms with Crippen molar-refractivity contribution in [2.45, 2.75) is 94.0 Å². The summed E-state index contributed by atoms with van der Waals surface area (Å²) >= 11 is 0. The minimum atomic E-state index is -0.00990. The fourth-order valence-corrected chi connectivity index (χ4v) is 6.40. The fourth-order valence-electron chi connectivity index (χ4n) is 6.40. The van der Waals surface area contributed by atoms with E-state index in [0.29, 0.717) is 6.04 Å². The van der Waals surface area contributed by atoms with Crippen molar-refractivity contribution in [3.63, 3.8) is 0 Å². The highest BCUT2D eigenvalue weighted by Gasteiger charge is 2.32. The highest BCUT2D eigenvalue weighted by Crippen LogP contribution is 2.43. The first-order chi connectivity index (χ1) is 20.3. The predicted molar refractivity (Wildman–Crippen MR) is 190 cm³/mol. The van der Waals surface area contributed by atoms with E-state index in [1.54, 1.807) is 0 Å². The molecule has 1 atom stereocenters. The molecule has 0 amide bonds. The monoisotopic (exact) mass is 572 g/mol. The van der Waals surface area contributed by atoms with Crippen molar-refractivity contribution < 1.29 is 0 Å². The lowest BCUT2D eigenvalue weighted by atomic mass is 9.81. The largest absolute Gasteiger partial charge is 0.338 e. The molecule has 0 radical (unpaired) electrons. The van der Waals surface area contributed by atoms with Crippen molar-refractivity contribution in [3.8, 4) is 0 Å². The Bertz CT molecular complexity index is 1510. The van der Waals surface area contributed by atoms with Crippen LogP contribution in [-0.4, -0.2) is 6.04 Å². The maximum Gasteiger partial charge on any atom is 0.0520 e. The second kappa shape index (κ2) is 12.8. The van der Waals surface area contributed by atoms with E-state index in [9.17, 15) is 0 Å². The Labute approximate surface area is 262 Å². The maximum atomic E-state index is 2.54. The molecule has 0 aliphatic carbocycles. The van der Waals surface area contributed by atoms with Crippen LogP contribution in [0.1, 0.15) is 82.7 Å². The summed E-state index contributed by atoms with van der Waals surface area (Å²) in [7, 11) is 0. The molecule has 0 spiro atoms. The maximum absolute atomic E-state index is 2.54. The lowest BCUT2D eigenvalue weighted by molar-refractivity contribution is 0.358. The zero-order valence-electron chi connectivity index (χ0n) is 28.4. The van der Waals surface area contributed by atoms with Crippen LogP contribution in [0, 0.1) is 33.1 Å². The molecule has 226 valence electrons. The predicted octanol–water partition coefficient (Wildman–Crippen LogP) is 12.2. The van der Waals surface area contributed by atoms with Crippen molar-refractivity contribution in [1.29, 1.82) is 0 Å². The van der Waals surface area contributed by atoms with Crippen LogP contribution in [0.5, 0.6) is 0 Å². The van der Waals surface area contributed by atoms with Gasteiger partial charge < -0.3 is 9.80 Å². The average molecular weight is 573 g/mol. The third-order valence-electron chi connectivity index (χ3n) is 8.72.